The van der Waals surface area contributed by atoms with E-state index in [4.69, 9.17) is 9.15 Å². The third-order valence-corrected chi connectivity index (χ3v) is 4.40. The third kappa shape index (κ3) is 3.80. The van der Waals surface area contributed by atoms with Crippen LogP contribution in [-0.2, 0) is 4.74 Å². The summed E-state index contributed by atoms with van der Waals surface area (Å²) in [6.07, 6.45) is -0.0259. The van der Waals surface area contributed by atoms with E-state index in [0.29, 0.717) is 41.4 Å². The molecule has 2 atom stereocenters. The summed E-state index contributed by atoms with van der Waals surface area (Å²) in [5.74, 6) is 0.833. The molecule has 138 valence electrons. The quantitative estimate of drug-likeness (QED) is 0.915. The lowest BCUT2D eigenvalue weighted by atomic mass is 10.1. The largest absolute Gasteiger partial charge is 0.466 e. The van der Waals surface area contributed by atoms with Crippen LogP contribution >= 0.6 is 0 Å². The summed E-state index contributed by atoms with van der Waals surface area (Å²) in [5.41, 5.74) is 1.44. The summed E-state index contributed by atoms with van der Waals surface area (Å²) in [7, 11) is 0. The van der Waals surface area contributed by atoms with Gasteiger partial charge in [-0.25, -0.2) is 0 Å². The molecule has 1 aliphatic rings. The van der Waals surface area contributed by atoms with Crippen molar-refractivity contribution in [3.63, 3.8) is 0 Å². The van der Waals surface area contributed by atoms with E-state index in [9.17, 15) is 9.59 Å². The Kier molecular flexibility index (Phi) is 5.13. The fourth-order valence-corrected chi connectivity index (χ4v) is 3.34. The van der Waals surface area contributed by atoms with Gasteiger partial charge in [0, 0.05) is 13.1 Å². The molecule has 2 amide bonds. The van der Waals surface area contributed by atoms with E-state index in [0.717, 1.165) is 0 Å². The molecular formula is C20H24N2O4. The second-order valence-electron chi connectivity index (χ2n) is 6.79. The van der Waals surface area contributed by atoms with Crippen molar-refractivity contribution in [2.45, 2.75) is 39.9 Å². The average Bonchev–Trinajstić information content (AvgIpc) is 2.92. The molecule has 0 radical (unpaired) electrons. The van der Waals surface area contributed by atoms with Gasteiger partial charge in [-0.3, -0.25) is 9.59 Å². The number of anilines is 1. The summed E-state index contributed by atoms with van der Waals surface area (Å²) < 4.78 is 11.1. The van der Waals surface area contributed by atoms with Crippen LogP contribution < -0.4 is 5.32 Å². The Hall–Kier alpha value is -2.60. The Morgan fingerprint density at radius 2 is 1.73 bits per heavy atom. The highest BCUT2D eigenvalue weighted by atomic mass is 16.5. The topological polar surface area (TPSA) is 71.8 Å². The molecule has 1 fully saturated rings. The Morgan fingerprint density at radius 3 is 2.35 bits per heavy atom. The summed E-state index contributed by atoms with van der Waals surface area (Å²) >= 11 is 0. The van der Waals surface area contributed by atoms with Gasteiger partial charge in [0.15, 0.2) is 0 Å². The molecule has 0 bridgehead atoms. The van der Waals surface area contributed by atoms with Crippen LogP contribution in [0.15, 0.2) is 34.7 Å². The molecule has 1 N–H and O–H groups in total. The molecule has 1 aliphatic heterocycles. The van der Waals surface area contributed by atoms with E-state index < -0.39 is 0 Å². The number of hydrogen-bond donors (Lipinski definition) is 1. The number of hydrogen-bond acceptors (Lipinski definition) is 4. The second-order valence-corrected chi connectivity index (χ2v) is 6.79. The van der Waals surface area contributed by atoms with Crippen LogP contribution in [0, 0.1) is 13.8 Å². The summed E-state index contributed by atoms with van der Waals surface area (Å²) in [6, 6.07) is 8.76. The molecule has 0 saturated carbocycles. The van der Waals surface area contributed by atoms with Gasteiger partial charge in [0.1, 0.15) is 11.5 Å². The highest BCUT2D eigenvalue weighted by Gasteiger charge is 2.28. The third-order valence-electron chi connectivity index (χ3n) is 4.40. The minimum absolute atomic E-state index is 0.0130. The van der Waals surface area contributed by atoms with Crippen molar-refractivity contribution in [2.75, 3.05) is 18.4 Å². The highest BCUT2D eigenvalue weighted by Crippen LogP contribution is 2.22. The first kappa shape index (κ1) is 18.2. The van der Waals surface area contributed by atoms with Crippen LogP contribution in [0.1, 0.15) is 46.1 Å². The van der Waals surface area contributed by atoms with Crippen LogP contribution in [0.4, 0.5) is 5.69 Å². The van der Waals surface area contributed by atoms with Gasteiger partial charge in [0.2, 0.25) is 0 Å². The number of benzene rings is 1. The molecule has 3 rings (SSSR count). The minimum atomic E-state index is -0.289. The predicted molar refractivity (Wildman–Crippen MR) is 98.5 cm³/mol. The number of amides is 2. The van der Waals surface area contributed by atoms with Gasteiger partial charge >= 0.3 is 0 Å². The Bertz CT molecular complexity index is 817. The number of ether oxygens (including phenoxy) is 1. The lowest BCUT2D eigenvalue weighted by molar-refractivity contribution is -0.0585. The molecule has 26 heavy (non-hydrogen) atoms. The SMILES string of the molecule is Cc1cc(C(=O)Nc2ccccc2C(=O)N2C[C@@H](C)O[C@@H](C)C2)c(C)o1. The first-order chi connectivity index (χ1) is 12.3. The number of nitrogens with one attached hydrogen (secondary N) is 1. The van der Waals surface area contributed by atoms with Gasteiger partial charge in [-0.1, -0.05) is 12.1 Å². The zero-order valence-corrected chi connectivity index (χ0v) is 15.5. The van der Waals surface area contributed by atoms with E-state index >= 15 is 0 Å². The Morgan fingerprint density at radius 1 is 1.08 bits per heavy atom. The fraction of sp³-hybridized carbons (Fsp3) is 0.400. The molecule has 0 spiro atoms. The van der Waals surface area contributed by atoms with Crippen molar-refractivity contribution < 1.29 is 18.7 Å². The molecule has 6 nitrogen and oxygen atoms in total. The first-order valence-corrected chi connectivity index (χ1v) is 8.77. The van der Waals surface area contributed by atoms with Crippen LogP contribution in [0.25, 0.3) is 0 Å². The maximum Gasteiger partial charge on any atom is 0.259 e. The monoisotopic (exact) mass is 356 g/mol. The molecule has 2 heterocycles. The number of rotatable bonds is 3. The normalized spacial score (nSPS) is 20.1. The zero-order valence-electron chi connectivity index (χ0n) is 15.5. The van der Waals surface area contributed by atoms with Crippen molar-refractivity contribution >= 4 is 17.5 Å². The van der Waals surface area contributed by atoms with Gasteiger partial charge in [0.25, 0.3) is 11.8 Å². The number of carbonyl (C=O) groups is 2. The zero-order chi connectivity index (χ0) is 18.8. The number of aryl methyl sites for hydroxylation is 2. The molecule has 0 unspecified atom stereocenters. The molecule has 6 heteroatoms. The van der Waals surface area contributed by atoms with Gasteiger partial charge in [-0.05, 0) is 45.9 Å². The Balaban J connectivity index is 1.83. The van der Waals surface area contributed by atoms with Crippen molar-refractivity contribution in [2.24, 2.45) is 0 Å². The number of nitrogens with zero attached hydrogens (tertiary/aromatic N) is 1. The standard InChI is InChI=1S/C20H24N2O4/c1-12-9-17(15(4)26-12)19(23)21-18-8-6-5-7-16(18)20(24)22-10-13(2)25-14(3)11-22/h5-9,13-14H,10-11H2,1-4H3,(H,21,23)/t13-,14+. The number of furan rings is 1. The van der Waals surface area contributed by atoms with E-state index in [-0.39, 0.29) is 24.0 Å². The van der Waals surface area contributed by atoms with E-state index in [1.807, 2.05) is 13.8 Å². The first-order valence-electron chi connectivity index (χ1n) is 8.77. The molecule has 2 aromatic rings. The van der Waals surface area contributed by atoms with E-state index in [2.05, 4.69) is 5.32 Å². The highest BCUT2D eigenvalue weighted by molar-refractivity contribution is 6.09. The molecule has 0 aliphatic carbocycles. The number of morpholine rings is 1. The predicted octanol–water partition coefficient (Wildman–Crippen LogP) is 3.40. The van der Waals surface area contributed by atoms with Gasteiger partial charge in [-0.15, -0.1) is 0 Å². The summed E-state index contributed by atoms with van der Waals surface area (Å²) in [4.78, 5) is 27.4. The molecule has 1 aromatic heterocycles. The van der Waals surface area contributed by atoms with Crippen LogP contribution in [0.5, 0.6) is 0 Å². The maximum absolute atomic E-state index is 13.0. The number of para-hydroxylation sites is 1. The van der Waals surface area contributed by atoms with E-state index in [1.165, 1.54) is 0 Å². The van der Waals surface area contributed by atoms with Gasteiger partial charge in [-0.2, -0.15) is 0 Å². The maximum atomic E-state index is 13.0. The van der Waals surface area contributed by atoms with Crippen molar-refractivity contribution in [1.29, 1.82) is 0 Å². The Labute approximate surface area is 153 Å². The van der Waals surface area contributed by atoms with Gasteiger partial charge in [0.05, 0.1) is 29.0 Å². The fourth-order valence-electron chi connectivity index (χ4n) is 3.34. The molecule has 1 aromatic carbocycles. The molecular weight excluding hydrogens is 332 g/mol. The summed E-state index contributed by atoms with van der Waals surface area (Å²) in [6.45, 7) is 8.51. The van der Waals surface area contributed by atoms with Crippen LogP contribution in [0.2, 0.25) is 0 Å². The summed E-state index contributed by atoms with van der Waals surface area (Å²) in [5, 5.41) is 2.85. The lowest BCUT2D eigenvalue weighted by Crippen LogP contribution is -2.48. The van der Waals surface area contributed by atoms with Crippen molar-refractivity contribution in [3.05, 3.63) is 53.0 Å². The lowest BCUT2D eigenvalue weighted by Gasteiger charge is -2.35. The van der Waals surface area contributed by atoms with Gasteiger partial charge < -0.3 is 19.4 Å². The van der Waals surface area contributed by atoms with Crippen LogP contribution in [-0.4, -0.2) is 42.0 Å². The second kappa shape index (κ2) is 7.33. The minimum Gasteiger partial charge on any atom is -0.466 e. The van der Waals surface area contributed by atoms with Crippen molar-refractivity contribution in [1.82, 2.24) is 4.90 Å². The van der Waals surface area contributed by atoms with Crippen molar-refractivity contribution in [3.8, 4) is 0 Å². The van der Waals surface area contributed by atoms with Crippen LogP contribution in [0.3, 0.4) is 0 Å². The molecule has 1 saturated heterocycles. The van der Waals surface area contributed by atoms with E-state index in [1.54, 1.807) is 49.1 Å². The average molecular weight is 356 g/mol. The smallest absolute Gasteiger partial charge is 0.259 e. The number of carbonyl (C=O) groups excluding carboxylic acids is 2.